The molecule has 0 aliphatic rings. The molecule has 0 amide bonds. The minimum Gasteiger partial charge on any atom is -0.373 e. The van der Waals surface area contributed by atoms with Gasteiger partial charge in [0, 0.05) is 0 Å². The van der Waals surface area contributed by atoms with E-state index in [1.54, 1.807) is 12.2 Å². The highest BCUT2D eigenvalue weighted by molar-refractivity contribution is 4.68. The summed E-state index contributed by atoms with van der Waals surface area (Å²) in [5.74, 6) is 0. The van der Waals surface area contributed by atoms with E-state index < -0.39 is 0 Å². The van der Waals surface area contributed by atoms with Crippen LogP contribution in [0.15, 0.2) is 25.3 Å². The standard InChI is InChI=1S/C6H10O.C6H14/c1-3-5-7-6-4-2;1-5-6(2,3)4/h3-4H,1-2,5-6H2;5H2,1-4H3. The van der Waals surface area contributed by atoms with Crippen molar-refractivity contribution >= 4 is 0 Å². The molecule has 0 N–H and O–H groups in total. The lowest BCUT2D eigenvalue weighted by Gasteiger charge is -2.12. The monoisotopic (exact) mass is 184 g/mol. The molecule has 0 radical (unpaired) electrons. The molecule has 78 valence electrons. The van der Waals surface area contributed by atoms with Crippen molar-refractivity contribution in [1.29, 1.82) is 0 Å². The zero-order chi connectivity index (χ0) is 10.7. The Bertz CT molecular complexity index is 112. The normalized spacial score (nSPS) is 9.85. The molecule has 1 heteroatoms. The molecule has 0 aromatic carbocycles. The van der Waals surface area contributed by atoms with E-state index in [0.717, 1.165) is 0 Å². The van der Waals surface area contributed by atoms with Crippen molar-refractivity contribution in [3.05, 3.63) is 25.3 Å². The maximum absolute atomic E-state index is 4.90. The van der Waals surface area contributed by atoms with Crippen molar-refractivity contribution in [1.82, 2.24) is 0 Å². The second-order valence-electron chi connectivity index (χ2n) is 4.03. The molecule has 0 aliphatic carbocycles. The molecule has 0 spiro atoms. The molecule has 13 heavy (non-hydrogen) atoms. The summed E-state index contributed by atoms with van der Waals surface area (Å²) in [6.45, 7) is 17.1. The van der Waals surface area contributed by atoms with Crippen LogP contribution in [0.4, 0.5) is 0 Å². The van der Waals surface area contributed by atoms with Gasteiger partial charge in [0.05, 0.1) is 13.2 Å². The summed E-state index contributed by atoms with van der Waals surface area (Å²) in [7, 11) is 0. The quantitative estimate of drug-likeness (QED) is 0.477. The van der Waals surface area contributed by atoms with Crippen LogP contribution in [0.2, 0.25) is 0 Å². The lowest BCUT2D eigenvalue weighted by atomic mass is 9.94. The Morgan fingerprint density at radius 1 is 1.08 bits per heavy atom. The Morgan fingerprint density at radius 2 is 1.38 bits per heavy atom. The van der Waals surface area contributed by atoms with Gasteiger partial charge in [0.2, 0.25) is 0 Å². The van der Waals surface area contributed by atoms with Crippen LogP contribution in [-0.2, 0) is 4.74 Å². The molecule has 0 unspecified atom stereocenters. The SMILES string of the molecule is C=CCOCC=C.CCC(C)(C)C. The highest BCUT2D eigenvalue weighted by atomic mass is 16.5. The van der Waals surface area contributed by atoms with Gasteiger partial charge >= 0.3 is 0 Å². The van der Waals surface area contributed by atoms with E-state index in [1.807, 2.05) is 0 Å². The smallest absolute Gasteiger partial charge is 0.0649 e. The van der Waals surface area contributed by atoms with Crippen LogP contribution in [-0.4, -0.2) is 13.2 Å². The average Bonchev–Trinajstić information content (AvgIpc) is 2.06. The van der Waals surface area contributed by atoms with Crippen LogP contribution in [0, 0.1) is 5.41 Å². The van der Waals surface area contributed by atoms with Gasteiger partial charge < -0.3 is 4.74 Å². The van der Waals surface area contributed by atoms with Gasteiger partial charge in [-0.15, -0.1) is 13.2 Å². The molecule has 0 rings (SSSR count). The van der Waals surface area contributed by atoms with Gasteiger partial charge in [-0.25, -0.2) is 0 Å². The molecule has 0 saturated heterocycles. The summed E-state index contributed by atoms with van der Waals surface area (Å²) in [4.78, 5) is 0. The van der Waals surface area contributed by atoms with E-state index in [-0.39, 0.29) is 0 Å². The molecular formula is C12H24O. The van der Waals surface area contributed by atoms with Crippen molar-refractivity contribution in [3.8, 4) is 0 Å². The largest absolute Gasteiger partial charge is 0.373 e. The van der Waals surface area contributed by atoms with Crippen molar-refractivity contribution in [2.45, 2.75) is 34.1 Å². The summed E-state index contributed by atoms with van der Waals surface area (Å²) in [6, 6.07) is 0. The maximum Gasteiger partial charge on any atom is 0.0649 e. The van der Waals surface area contributed by atoms with Crippen molar-refractivity contribution in [2.24, 2.45) is 5.41 Å². The topological polar surface area (TPSA) is 9.23 Å². The number of hydrogen-bond donors (Lipinski definition) is 0. The van der Waals surface area contributed by atoms with E-state index in [9.17, 15) is 0 Å². The third kappa shape index (κ3) is 24.6. The maximum atomic E-state index is 4.90. The molecule has 1 nitrogen and oxygen atoms in total. The van der Waals surface area contributed by atoms with Gasteiger partial charge in [-0.2, -0.15) is 0 Å². The fourth-order valence-electron chi connectivity index (χ4n) is 0.235. The minimum atomic E-state index is 0.542. The summed E-state index contributed by atoms with van der Waals surface area (Å²) in [5, 5.41) is 0. The molecule has 0 aromatic heterocycles. The van der Waals surface area contributed by atoms with Crippen molar-refractivity contribution < 1.29 is 4.74 Å². The third-order valence-electron chi connectivity index (χ3n) is 1.53. The Labute approximate surface area is 83.5 Å². The summed E-state index contributed by atoms with van der Waals surface area (Å²) < 4.78 is 4.90. The minimum absolute atomic E-state index is 0.542. The molecule has 0 aromatic rings. The Hall–Kier alpha value is -0.560. The van der Waals surface area contributed by atoms with E-state index in [1.165, 1.54) is 6.42 Å². The first-order valence-electron chi connectivity index (χ1n) is 4.77. The summed E-state index contributed by atoms with van der Waals surface area (Å²) >= 11 is 0. The highest BCUT2D eigenvalue weighted by Gasteiger charge is 2.03. The van der Waals surface area contributed by atoms with Crippen molar-refractivity contribution in [2.75, 3.05) is 13.2 Å². The Balaban J connectivity index is 0. The van der Waals surface area contributed by atoms with E-state index in [4.69, 9.17) is 4.74 Å². The fraction of sp³-hybridized carbons (Fsp3) is 0.667. The molecule has 0 bridgehead atoms. The van der Waals surface area contributed by atoms with Crippen LogP contribution >= 0.6 is 0 Å². The van der Waals surface area contributed by atoms with Crippen LogP contribution < -0.4 is 0 Å². The predicted molar refractivity (Wildman–Crippen MR) is 61.0 cm³/mol. The van der Waals surface area contributed by atoms with E-state index in [0.29, 0.717) is 18.6 Å². The van der Waals surface area contributed by atoms with Crippen LogP contribution in [0.25, 0.3) is 0 Å². The first-order chi connectivity index (χ1) is 5.97. The molecule has 0 heterocycles. The Kier molecular flexibility index (Phi) is 10.9. The number of ether oxygens (including phenoxy) is 1. The molecule has 0 atom stereocenters. The third-order valence-corrected chi connectivity index (χ3v) is 1.53. The molecule has 0 fully saturated rings. The van der Waals surface area contributed by atoms with Gasteiger partial charge in [0.1, 0.15) is 0 Å². The van der Waals surface area contributed by atoms with Gasteiger partial charge in [-0.1, -0.05) is 46.3 Å². The second kappa shape index (κ2) is 9.53. The molecular weight excluding hydrogens is 160 g/mol. The molecule has 0 aliphatic heterocycles. The molecule has 0 saturated carbocycles. The average molecular weight is 184 g/mol. The summed E-state index contributed by atoms with van der Waals surface area (Å²) in [5.41, 5.74) is 0.542. The lowest BCUT2D eigenvalue weighted by molar-refractivity contribution is 0.194. The fourth-order valence-corrected chi connectivity index (χ4v) is 0.235. The number of rotatable bonds is 4. The van der Waals surface area contributed by atoms with E-state index >= 15 is 0 Å². The van der Waals surface area contributed by atoms with Crippen LogP contribution in [0.3, 0.4) is 0 Å². The lowest BCUT2D eigenvalue weighted by Crippen LogP contribution is -2.00. The van der Waals surface area contributed by atoms with Crippen molar-refractivity contribution in [3.63, 3.8) is 0 Å². The van der Waals surface area contributed by atoms with Crippen LogP contribution in [0.1, 0.15) is 34.1 Å². The van der Waals surface area contributed by atoms with Gasteiger partial charge in [-0.05, 0) is 5.41 Å². The predicted octanol–water partition coefficient (Wildman–Crippen LogP) is 3.82. The highest BCUT2D eigenvalue weighted by Crippen LogP contribution is 2.16. The second-order valence-corrected chi connectivity index (χ2v) is 4.03. The van der Waals surface area contributed by atoms with Crippen LogP contribution in [0.5, 0.6) is 0 Å². The first kappa shape index (κ1) is 14.9. The zero-order valence-corrected chi connectivity index (χ0v) is 9.60. The number of hydrogen-bond acceptors (Lipinski definition) is 1. The zero-order valence-electron chi connectivity index (χ0n) is 9.60. The van der Waals surface area contributed by atoms with E-state index in [2.05, 4.69) is 40.9 Å². The Morgan fingerprint density at radius 3 is 1.54 bits per heavy atom. The van der Waals surface area contributed by atoms with Gasteiger partial charge in [0.25, 0.3) is 0 Å². The summed E-state index contributed by atoms with van der Waals surface area (Å²) in [6.07, 6.45) is 4.69. The van der Waals surface area contributed by atoms with Gasteiger partial charge in [0.15, 0.2) is 0 Å². The first-order valence-corrected chi connectivity index (χ1v) is 4.77. The van der Waals surface area contributed by atoms with Gasteiger partial charge in [-0.3, -0.25) is 0 Å².